The highest BCUT2D eigenvalue weighted by atomic mass is 16.3. The van der Waals surface area contributed by atoms with Gasteiger partial charge in [0.1, 0.15) is 11.2 Å². The standard InChI is InChI=1S/C44H28O/c1-3-11-29(12-4-1)33-24-26-41-40(27-33)35-25-23-34(28-42(35)45-41)30-19-21-32(22-20-30)44-38-17-9-7-15-36(38)43(31-13-5-2-6-14-31)37-16-8-10-18-39(37)44/h1-28H/i2D,5D,6D,7D,8D,9D,10D,13D,14D,15D,16D,17D,18D,19D,20D,21D,22D. The van der Waals surface area contributed by atoms with Crippen molar-refractivity contribution in [2.75, 3.05) is 0 Å². The van der Waals surface area contributed by atoms with Crippen molar-refractivity contribution in [1.29, 1.82) is 0 Å². The van der Waals surface area contributed by atoms with E-state index in [-0.39, 0.29) is 11.1 Å². The first-order valence-corrected chi connectivity index (χ1v) is 14.0. The molecule has 0 fully saturated rings. The maximum atomic E-state index is 9.44. The smallest absolute Gasteiger partial charge is 0.136 e. The fourth-order valence-electron chi connectivity index (χ4n) is 5.82. The predicted molar refractivity (Wildman–Crippen MR) is 190 cm³/mol. The van der Waals surface area contributed by atoms with Crippen molar-refractivity contribution in [3.8, 4) is 44.5 Å². The highest BCUT2D eigenvalue weighted by Crippen LogP contribution is 2.44. The quantitative estimate of drug-likeness (QED) is 0.186. The molecule has 210 valence electrons. The fourth-order valence-corrected chi connectivity index (χ4v) is 5.82. The molecule has 0 saturated carbocycles. The fraction of sp³-hybridized carbons (Fsp3) is 0. The summed E-state index contributed by atoms with van der Waals surface area (Å²) in [5.41, 5.74) is 0.854. The van der Waals surface area contributed by atoms with Gasteiger partial charge >= 0.3 is 0 Å². The second kappa shape index (κ2) is 10.4. The van der Waals surface area contributed by atoms with Crippen LogP contribution < -0.4 is 0 Å². The van der Waals surface area contributed by atoms with E-state index in [4.69, 9.17) is 19.5 Å². The summed E-state index contributed by atoms with van der Waals surface area (Å²) in [7, 11) is 0. The zero-order chi connectivity index (χ0) is 44.5. The van der Waals surface area contributed by atoms with Gasteiger partial charge < -0.3 is 4.42 Å². The Labute approximate surface area is 285 Å². The Morgan fingerprint density at radius 2 is 0.867 bits per heavy atom. The number of rotatable bonds is 4. The highest BCUT2D eigenvalue weighted by Gasteiger charge is 2.16. The van der Waals surface area contributed by atoms with Crippen molar-refractivity contribution in [3.63, 3.8) is 0 Å². The zero-order valence-corrected chi connectivity index (χ0v) is 23.3. The van der Waals surface area contributed by atoms with Gasteiger partial charge in [-0.15, -0.1) is 0 Å². The Hall–Kier alpha value is -5.92. The van der Waals surface area contributed by atoms with Crippen LogP contribution in [0.3, 0.4) is 0 Å². The summed E-state index contributed by atoms with van der Waals surface area (Å²) in [6.45, 7) is 0. The molecule has 0 N–H and O–H groups in total. The van der Waals surface area contributed by atoms with Crippen molar-refractivity contribution in [3.05, 3.63) is 169 Å². The van der Waals surface area contributed by atoms with Crippen LogP contribution in [0.5, 0.6) is 0 Å². The third-order valence-electron chi connectivity index (χ3n) is 7.87. The average molecular weight is 590 g/mol. The molecule has 0 unspecified atom stereocenters. The summed E-state index contributed by atoms with van der Waals surface area (Å²) in [5, 5.41) is -0.524. The van der Waals surface area contributed by atoms with Crippen molar-refractivity contribution in [2.24, 2.45) is 0 Å². The molecule has 0 aliphatic carbocycles. The van der Waals surface area contributed by atoms with E-state index in [9.17, 15) is 8.22 Å². The molecule has 0 atom stereocenters. The van der Waals surface area contributed by atoms with E-state index >= 15 is 0 Å². The molecule has 0 aliphatic heterocycles. The first-order valence-electron chi connectivity index (χ1n) is 22.5. The van der Waals surface area contributed by atoms with Gasteiger partial charge in [-0.1, -0.05) is 145 Å². The van der Waals surface area contributed by atoms with Gasteiger partial charge in [0.15, 0.2) is 0 Å². The Kier molecular flexibility index (Phi) is 3.18. The second-order valence-electron chi connectivity index (χ2n) is 10.4. The predicted octanol–water partition coefficient (Wildman–Crippen LogP) is 12.6. The monoisotopic (exact) mass is 589 g/mol. The minimum atomic E-state index is -0.825. The van der Waals surface area contributed by atoms with Crippen molar-refractivity contribution >= 4 is 43.5 Å². The van der Waals surface area contributed by atoms with E-state index < -0.39 is 147 Å². The van der Waals surface area contributed by atoms with Crippen LogP contribution in [0.2, 0.25) is 0 Å². The third kappa shape index (κ3) is 4.24. The highest BCUT2D eigenvalue weighted by molar-refractivity contribution is 6.21. The Morgan fingerprint density at radius 1 is 0.333 bits per heavy atom. The molecule has 0 radical (unpaired) electrons. The normalized spacial score (nSPS) is 16.8. The largest absolute Gasteiger partial charge is 0.456 e. The number of hydrogen-bond donors (Lipinski definition) is 0. The van der Waals surface area contributed by atoms with Crippen LogP contribution in [0.25, 0.3) is 88.0 Å². The minimum absolute atomic E-state index is 0.149. The molecule has 1 nitrogen and oxygen atoms in total. The number of hydrogen-bond acceptors (Lipinski definition) is 1. The van der Waals surface area contributed by atoms with Gasteiger partial charge in [0, 0.05) is 10.8 Å². The van der Waals surface area contributed by atoms with Gasteiger partial charge in [-0.25, -0.2) is 0 Å². The molecule has 1 aromatic heterocycles. The van der Waals surface area contributed by atoms with Gasteiger partial charge in [0.25, 0.3) is 0 Å². The Bertz CT molecular complexity index is 3350. The first kappa shape index (κ1) is 13.8. The van der Waals surface area contributed by atoms with Crippen LogP contribution >= 0.6 is 0 Å². The van der Waals surface area contributed by atoms with Gasteiger partial charge in [-0.05, 0) is 90.3 Å². The lowest BCUT2D eigenvalue weighted by Gasteiger charge is -2.18. The summed E-state index contributed by atoms with van der Waals surface area (Å²) in [6.07, 6.45) is 0. The molecule has 1 heteroatoms. The molecule has 9 aromatic rings. The van der Waals surface area contributed by atoms with Crippen LogP contribution in [-0.4, -0.2) is 0 Å². The van der Waals surface area contributed by atoms with Gasteiger partial charge in [-0.2, -0.15) is 0 Å². The molecule has 8 aromatic carbocycles. The molecule has 0 bridgehead atoms. The Morgan fingerprint density at radius 3 is 1.51 bits per heavy atom. The van der Waals surface area contributed by atoms with Crippen LogP contribution in [0, 0.1) is 0 Å². The third-order valence-corrected chi connectivity index (χ3v) is 7.87. The lowest BCUT2D eigenvalue weighted by molar-refractivity contribution is 0.669. The van der Waals surface area contributed by atoms with Crippen molar-refractivity contribution in [1.82, 2.24) is 0 Å². The Balaban J connectivity index is 1.40. The lowest BCUT2D eigenvalue weighted by atomic mass is 9.86. The summed E-state index contributed by atoms with van der Waals surface area (Å²) in [4.78, 5) is 0. The number of benzene rings is 8. The summed E-state index contributed by atoms with van der Waals surface area (Å²) >= 11 is 0. The summed E-state index contributed by atoms with van der Waals surface area (Å²) in [6, 6.07) is 7.32. The van der Waals surface area contributed by atoms with Gasteiger partial charge in [0.05, 0.1) is 23.3 Å². The molecule has 0 spiro atoms. The molecular formula is C44H28O. The second-order valence-corrected chi connectivity index (χ2v) is 10.4. The van der Waals surface area contributed by atoms with Gasteiger partial charge in [-0.3, -0.25) is 0 Å². The molecule has 45 heavy (non-hydrogen) atoms. The SMILES string of the molecule is [2H]c1c([2H])c([2H])c(-c2c3c([2H])c([2H])c([2H])c([2H])c3c(-c3c([2H])c([2H])c(-c4ccc5c(c4)oc4ccc(-c6ccccc6)cc45)c([2H])c3[2H])c3c([2H])c([2H])c([2H])c([2H])c23)c([2H])c1[2H]. The van der Waals surface area contributed by atoms with E-state index in [1.165, 1.54) is 0 Å². The topological polar surface area (TPSA) is 13.1 Å². The van der Waals surface area contributed by atoms with Crippen molar-refractivity contribution < 1.29 is 27.7 Å². The summed E-state index contributed by atoms with van der Waals surface area (Å²) < 4.78 is 158. The summed E-state index contributed by atoms with van der Waals surface area (Å²) in [5.74, 6) is 0. The number of fused-ring (bicyclic) bond motifs is 5. The molecule has 0 amide bonds. The molecular weight excluding hydrogens is 544 g/mol. The van der Waals surface area contributed by atoms with E-state index in [0.29, 0.717) is 11.2 Å². The molecule has 0 aliphatic rings. The van der Waals surface area contributed by atoms with Gasteiger partial charge in [0.2, 0.25) is 0 Å². The van der Waals surface area contributed by atoms with Crippen LogP contribution in [0.1, 0.15) is 23.3 Å². The van der Waals surface area contributed by atoms with Crippen LogP contribution in [0.15, 0.2) is 174 Å². The van der Waals surface area contributed by atoms with Crippen LogP contribution in [-0.2, 0) is 0 Å². The molecule has 0 saturated heterocycles. The number of furan rings is 1. The molecule has 9 rings (SSSR count). The van der Waals surface area contributed by atoms with Crippen molar-refractivity contribution in [2.45, 2.75) is 0 Å². The van der Waals surface area contributed by atoms with E-state index in [1.54, 1.807) is 18.2 Å². The lowest BCUT2D eigenvalue weighted by Crippen LogP contribution is -1.90. The van der Waals surface area contributed by atoms with E-state index in [1.807, 2.05) is 48.5 Å². The minimum Gasteiger partial charge on any atom is -0.456 e. The first-order chi connectivity index (χ1) is 29.4. The molecule has 1 heterocycles. The maximum absolute atomic E-state index is 9.44. The average Bonchev–Trinajstić information content (AvgIpc) is 3.64. The van der Waals surface area contributed by atoms with E-state index in [2.05, 4.69) is 0 Å². The zero-order valence-electron chi connectivity index (χ0n) is 40.3. The maximum Gasteiger partial charge on any atom is 0.136 e. The van der Waals surface area contributed by atoms with Crippen LogP contribution in [0.4, 0.5) is 0 Å². The van der Waals surface area contributed by atoms with E-state index in [0.717, 1.165) is 21.9 Å².